The molecule has 1 heterocycles. The highest BCUT2D eigenvalue weighted by Crippen LogP contribution is 2.36. The predicted octanol–water partition coefficient (Wildman–Crippen LogP) is 6.92. The van der Waals surface area contributed by atoms with Crippen molar-refractivity contribution in [3.63, 3.8) is 0 Å². The van der Waals surface area contributed by atoms with Crippen LogP contribution in [-0.2, 0) is 11.3 Å². The molecule has 1 atom stereocenters. The van der Waals surface area contributed by atoms with E-state index in [2.05, 4.69) is 35.1 Å². The van der Waals surface area contributed by atoms with Gasteiger partial charge in [0.05, 0.1) is 0 Å². The first kappa shape index (κ1) is 23.1. The average Bonchev–Trinajstić information content (AvgIpc) is 3.17. The summed E-state index contributed by atoms with van der Waals surface area (Å²) in [5.74, 6) is -0.347. The number of benzene rings is 3. The Kier molecular flexibility index (Phi) is 7.46. The lowest BCUT2D eigenvalue weighted by Crippen LogP contribution is -2.26. The topological polar surface area (TPSA) is 34.0 Å². The summed E-state index contributed by atoms with van der Waals surface area (Å²) in [5.41, 5.74) is 4.19. The van der Waals surface area contributed by atoms with Gasteiger partial charge in [0.2, 0.25) is 5.91 Å². The molecule has 0 aliphatic carbocycles. The van der Waals surface area contributed by atoms with Gasteiger partial charge in [-0.25, -0.2) is 4.39 Å². The summed E-state index contributed by atoms with van der Waals surface area (Å²) in [5, 5.41) is 4.81. The number of halogens is 2. The molecule has 0 fully saturated rings. The Morgan fingerprint density at radius 3 is 2.61 bits per heavy atom. The summed E-state index contributed by atoms with van der Waals surface area (Å²) < 4.78 is 15.6. The average molecular weight is 463 g/mol. The number of rotatable bonds is 9. The van der Waals surface area contributed by atoms with Gasteiger partial charge in [-0.3, -0.25) is 4.79 Å². The molecule has 0 bridgehead atoms. The number of aromatic nitrogens is 1. The van der Waals surface area contributed by atoms with Crippen LogP contribution in [0, 0.1) is 5.82 Å². The lowest BCUT2D eigenvalue weighted by Gasteiger charge is -2.17. The minimum absolute atomic E-state index is 0.0313. The molecule has 1 amide bonds. The van der Waals surface area contributed by atoms with E-state index in [1.165, 1.54) is 12.1 Å². The maximum atomic E-state index is 13.4. The van der Waals surface area contributed by atoms with Gasteiger partial charge in [0.25, 0.3) is 0 Å². The minimum Gasteiger partial charge on any atom is -0.356 e. The summed E-state index contributed by atoms with van der Waals surface area (Å²) in [6.45, 7) is 3.41. The number of unbranched alkanes of at least 4 members (excludes halogenated alkanes) is 1. The predicted molar refractivity (Wildman–Crippen MR) is 133 cm³/mol. The van der Waals surface area contributed by atoms with Crippen LogP contribution in [0.2, 0.25) is 5.02 Å². The molecule has 0 spiro atoms. The highest BCUT2D eigenvalue weighted by Gasteiger charge is 2.23. The summed E-state index contributed by atoms with van der Waals surface area (Å²) in [6, 6.07) is 22.5. The summed E-state index contributed by atoms with van der Waals surface area (Å²) in [7, 11) is 0. The molecule has 0 aliphatic rings. The van der Waals surface area contributed by atoms with Crippen LogP contribution in [0.1, 0.15) is 48.8 Å². The molecule has 0 saturated carbocycles. The number of hydrogen-bond acceptors (Lipinski definition) is 1. The van der Waals surface area contributed by atoms with Crippen molar-refractivity contribution in [2.45, 2.75) is 38.6 Å². The molecule has 5 heteroatoms. The van der Waals surface area contributed by atoms with E-state index in [1.54, 1.807) is 12.1 Å². The maximum Gasteiger partial charge on any atom is 0.220 e. The smallest absolute Gasteiger partial charge is 0.220 e. The van der Waals surface area contributed by atoms with Crippen LogP contribution in [0.3, 0.4) is 0 Å². The van der Waals surface area contributed by atoms with Gasteiger partial charge in [-0.1, -0.05) is 67.4 Å². The van der Waals surface area contributed by atoms with Crippen molar-refractivity contribution >= 4 is 28.4 Å². The standard InChI is InChI=1S/C28H28ClFN2O/c1-2-3-15-31-28(33)17-25(21-7-6-8-22(29)16-21)26-19-32(27-10-5-4-9-24(26)27)18-20-11-13-23(30)14-12-20/h4-14,16,19,25H,2-3,15,17-18H2,1H3,(H,31,33). The molecule has 1 unspecified atom stereocenters. The lowest BCUT2D eigenvalue weighted by molar-refractivity contribution is -0.121. The molecule has 170 valence electrons. The quantitative estimate of drug-likeness (QED) is 0.269. The van der Waals surface area contributed by atoms with Crippen LogP contribution in [0.4, 0.5) is 4.39 Å². The highest BCUT2D eigenvalue weighted by molar-refractivity contribution is 6.30. The molecule has 1 aromatic heterocycles. The Balaban J connectivity index is 1.74. The van der Waals surface area contributed by atoms with E-state index < -0.39 is 0 Å². The Bertz CT molecular complexity index is 1230. The van der Waals surface area contributed by atoms with E-state index in [1.807, 2.05) is 36.4 Å². The van der Waals surface area contributed by atoms with Crippen molar-refractivity contribution in [3.05, 3.63) is 107 Å². The molecule has 3 nitrogen and oxygen atoms in total. The fourth-order valence-corrected chi connectivity index (χ4v) is 4.46. The second kappa shape index (κ2) is 10.7. The molecule has 4 rings (SSSR count). The van der Waals surface area contributed by atoms with Gasteiger partial charge in [-0.15, -0.1) is 0 Å². The van der Waals surface area contributed by atoms with Crippen molar-refractivity contribution in [1.82, 2.24) is 9.88 Å². The number of nitrogens with one attached hydrogen (secondary N) is 1. The molecular formula is C28H28ClFN2O. The van der Waals surface area contributed by atoms with Gasteiger partial charge in [0.1, 0.15) is 5.82 Å². The summed E-state index contributed by atoms with van der Waals surface area (Å²) in [4.78, 5) is 12.8. The zero-order chi connectivity index (χ0) is 23.2. The first-order valence-corrected chi connectivity index (χ1v) is 11.8. The number of amides is 1. The van der Waals surface area contributed by atoms with Gasteiger partial charge in [0.15, 0.2) is 0 Å². The first-order chi connectivity index (χ1) is 16.0. The third kappa shape index (κ3) is 5.63. The fourth-order valence-electron chi connectivity index (χ4n) is 4.26. The number of para-hydroxylation sites is 1. The third-order valence-electron chi connectivity index (χ3n) is 5.95. The van der Waals surface area contributed by atoms with Gasteiger partial charge < -0.3 is 9.88 Å². The molecule has 0 radical (unpaired) electrons. The van der Waals surface area contributed by atoms with E-state index >= 15 is 0 Å². The van der Waals surface area contributed by atoms with Crippen LogP contribution < -0.4 is 5.32 Å². The van der Waals surface area contributed by atoms with Crippen molar-refractivity contribution in [1.29, 1.82) is 0 Å². The van der Waals surface area contributed by atoms with E-state index in [0.29, 0.717) is 24.5 Å². The van der Waals surface area contributed by atoms with Gasteiger partial charge in [0, 0.05) is 47.6 Å². The zero-order valence-corrected chi connectivity index (χ0v) is 19.5. The highest BCUT2D eigenvalue weighted by atomic mass is 35.5. The van der Waals surface area contributed by atoms with E-state index in [0.717, 1.165) is 40.4 Å². The molecule has 4 aromatic rings. The first-order valence-electron chi connectivity index (χ1n) is 11.4. The second-order valence-corrected chi connectivity index (χ2v) is 8.81. The maximum absolute atomic E-state index is 13.4. The SMILES string of the molecule is CCCCNC(=O)CC(c1cccc(Cl)c1)c1cn(Cc2ccc(F)cc2)c2ccccc12. The summed E-state index contributed by atoms with van der Waals surface area (Å²) >= 11 is 6.32. The number of hydrogen-bond donors (Lipinski definition) is 1. The molecule has 0 saturated heterocycles. The van der Waals surface area contributed by atoms with Crippen LogP contribution in [0.15, 0.2) is 79.0 Å². The molecule has 1 N–H and O–H groups in total. The number of carbonyl (C=O) groups excluding carboxylic acids is 1. The van der Waals surface area contributed by atoms with Crippen LogP contribution >= 0.6 is 11.6 Å². The lowest BCUT2D eigenvalue weighted by atomic mass is 9.88. The van der Waals surface area contributed by atoms with Gasteiger partial charge >= 0.3 is 0 Å². The van der Waals surface area contributed by atoms with Crippen molar-refractivity contribution in [2.24, 2.45) is 0 Å². The largest absolute Gasteiger partial charge is 0.356 e. The van der Waals surface area contributed by atoms with Gasteiger partial charge in [-0.05, 0) is 53.4 Å². The number of fused-ring (bicyclic) bond motifs is 1. The second-order valence-electron chi connectivity index (χ2n) is 8.37. The number of carbonyl (C=O) groups is 1. The monoisotopic (exact) mass is 462 g/mol. The Labute approximate surface area is 199 Å². The zero-order valence-electron chi connectivity index (χ0n) is 18.7. The van der Waals surface area contributed by atoms with Crippen molar-refractivity contribution in [3.8, 4) is 0 Å². The molecule has 3 aromatic carbocycles. The fraction of sp³-hybridized carbons (Fsp3) is 0.250. The van der Waals surface area contributed by atoms with E-state index in [-0.39, 0.29) is 17.6 Å². The summed E-state index contributed by atoms with van der Waals surface area (Å²) in [6.07, 6.45) is 4.47. The Morgan fingerprint density at radius 2 is 1.85 bits per heavy atom. The Morgan fingerprint density at radius 1 is 1.06 bits per heavy atom. The van der Waals surface area contributed by atoms with Crippen molar-refractivity contribution < 1.29 is 9.18 Å². The molecule has 33 heavy (non-hydrogen) atoms. The number of nitrogens with zero attached hydrogens (tertiary/aromatic N) is 1. The normalized spacial score (nSPS) is 12.1. The van der Waals surface area contributed by atoms with Crippen molar-refractivity contribution in [2.75, 3.05) is 6.54 Å². The molecular weight excluding hydrogens is 435 g/mol. The van der Waals surface area contributed by atoms with E-state index in [4.69, 9.17) is 11.6 Å². The molecule has 0 aliphatic heterocycles. The van der Waals surface area contributed by atoms with Crippen LogP contribution in [-0.4, -0.2) is 17.0 Å². The Hall–Kier alpha value is -3.11. The van der Waals surface area contributed by atoms with E-state index in [9.17, 15) is 9.18 Å². The van der Waals surface area contributed by atoms with Gasteiger partial charge in [-0.2, -0.15) is 0 Å². The van der Waals surface area contributed by atoms with Crippen LogP contribution in [0.5, 0.6) is 0 Å². The van der Waals surface area contributed by atoms with Crippen LogP contribution in [0.25, 0.3) is 10.9 Å². The minimum atomic E-state index is -0.244. The third-order valence-corrected chi connectivity index (χ3v) is 6.19.